The van der Waals surface area contributed by atoms with Crippen LogP contribution in [0.5, 0.6) is 0 Å². The van der Waals surface area contributed by atoms with Gasteiger partial charge in [-0.25, -0.2) is 9.78 Å². The van der Waals surface area contributed by atoms with Crippen LogP contribution >= 0.6 is 0 Å². The Morgan fingerprint density at radius 1 is 1.92 bits per heavy atom. The maximum atomic E-state index is 10.6. The largest absolute Gasteiger partial charge is 0.479 e. The molecule has 0 aliphatic carbocycles. The van der Waals surface area contributed by atoms with Crippen molar-refractivity contribution >= 4 is 12.7 Å². The summed E-state index contributed by atoms with van der Waals surface area (Å²) in [6, 6.07) is -0.963. The fourth-order valence-corrected chi connectivity index (χ4v) is 0.875. The van der Waals surface area contributed by atoms with Gasteiger partial charge in [0.1, 0.15) is 5.82 Å². The smallest absolute Gasteiger partial charge is 0.334 e. The second-order valence-corrected chi connectivity index (χ2v) is 2.33. The molecule has 1 rings (SSSR count). The molecule has 0 aliphatic rings. The second kappa shape index (κ2) is 3.17. The van der Waals surface area contributed by atoms with Gasteiger partial charge >= 0.3 is 5.97 Å². The zero-order chi connectivity index (χ0) is 9.14. The minimum absolute atomic E-state index is 0.384. The lowest BCUT2D eigenvalue weighted by molar-refractivity contribution is -0.138. The molecule has 0 amide bonds. The number of aliphatic carboxylic acids is 1. The molecule has 1 aromatic rings. The maximum Gasteiger partial charge on any atom is 0.334 e. The van der Waals surface area contributed by atoms with Crippen molar-refractivity contribution in [2.24, 2.45) is 4.99 Å². The van der Waals surface area contributed by atoms with Crippen LogP contribution < -0.4 is 0 Å². The normalized spacial score (nSPS) is 12.4. The van der Waals surface area contributed by atoms with Crippen LogP contribution in [0.15, 0.2) is 11.2 Å². The number of imidazole rings is 1. The minimum atomic E-state index is -1.04. The highest BCUT2D eigenvalue weighted by Gasteiger charge is 2.19. The Morgan fingerprint density at radius 2 is 2.58 bits per heavy atom. The summed E-state index contributed by atoms with van der Waals surface area (Å²) in [6.07, 6.45) is 1.52. The fourth-order valence-electron chi connectivity index (χ4n) is 0.875. The van der Waals surface area contributed by atoms with Gasteiger partial charge in [0.15, 0.2) is 6.04 Å². The molecule has 0 spiro atoms. The Labute approximate surface area is 69.2 Å². The molecule has 0 fully saturated rings. The van der Waals surface area contributed by atoms with Crippen LogP contribution in [0, 0.1) is 6.92 Å². The van der Waals surface area contributed by atoms with Crippen LogP contribution in [0.25, 0.3) is 0 Å². The van der Waals surface area contributed by atoms with Gasteiger partial charge in [-0.3, -0.25) is 4.99 Å². The second-order valence-electron chi connectivity index (χ2n) is 2.33. The molecule has 1 aromatic heterocycles. The standard InChI is InChI=1S/C7H9N3O2/c1-4-9-3-5(10-4)6(8-2)7(11)12/h3,6H,2H2,1H3,(H,9,10)(H,11,12). The van der Waals surface area contributed by atoms with Crippen LogP contribution in [0.3, 0.4) is 0 Å². The predicted octanol–water partition coefficient (Wildman–Crippen LogP) is 0.544. The Balaban J connectivity index is 2.94. The van der Waals surface area contributed by atoms with Gasteiger partial charge in [0.25, 0.3) is 0 Å². The van der Waals surface area contributed by atoms with Crippen molar-refractivity contribution in [3.8, 4) is 0 Å². The van der Waals surface area contributed by atoms with E-state index in [9.17, 15) is 4.79 Å². The summed E-state index contributed by atoms with van der Waals surface area (Å²) in [7, 11) is 0. The highest BCUT2D eigenvalue weighted by Crippen LogP contribution is 2.13. The van der Waals surface area contributed by atoms with E-state index in [2.05, 4.69) is 21.7 Å². The molecule has 0 radical (unpaired) electrons. The topological polar surface area (TPSA) is 78.3 Å². The lowest BCUT2D eigenvalue weighted by atomic mass is 10.2. The van der Waals surface area contributed by atoms with Crippen molar-refractivity contribution in [3.63, 3.8) is 0 Å². The average molecular weight is 167 g/mol. The molecule has 0 bridgehead atoms. The number of carbonyl (C=O) groups is 1. The van der Waals surface area contributed by atoms with Crippen molar-refractivity contribution in [1.29, 1.82) is 0 Å². The van der Waals surface area contributed by atoms with E-state index >= 15 is 0 Å². The molecule has 0 aliphatic heterocycles. The van der Waals surface area contributed by atoms with Gasteiger partial charge in [0, 0.05) is 6.20 Å². The van der Waals surface area contributed by atoms with Gasteiger partial charge in [-0.15, -0.1) is 0 Å². The molecule has 2 N–H and O–H groups in total. The number of H-pyrrole nitrogens is 1. The third-order valence-corrected chi connectivity index (χ3v) is 1.42. The van der Waals surface area contributed by atoms with Crippen LogP contribution in [-0.4, -0.2) is 27.8 Å². The van der Waals surface area contributed by atoms with Gasteiger partial charge < -0.3 is 10.1 Å². The van der Waals surface area contributed by atoms with E-state index in [1.54, 1.807) is 6.92 Å². The number of carboxylic acid groups (broad SMARTS) is 1. The summed E-state index contributed by atoms with van der Waals surface area (Å²) in [5.41, 5.74) is 0.384. The first-order valence-electron chi connectivity index (χ1n) is 3.35. The predicted molar refractivity (Wildman–Crippen MR) is 43.3 cm³/mol. The Bertz CT molecular complexity index is 305. The lowest BCUT2D eigenvalue weighted by Crippen LogP contribution is -2.08. The van der Waals surface area contributed by atoms with Crippen molar-refractivity contribution in [2.45, 2.75) is 13.0 Å². The van der Waals surface area contributed by atoms with Crippen molar-refractivity contribution in [2.75, 3.05) is 0 Å². The highest BCUT2D eigenvalue weighted by molar-refractivity contribution is 5.75. The maximum absolute atomic E-state index is 10.6. The molecule has 1 atom stereocenters. The van der Waals surface area contributed by atoms with Crippen molar-refractivity contribution in [1.82, 2.24) is 9.97 Å². The SMILES string of the molecule is C=NC(C(=O)O)c1c[nH]c(C)n1. The van der Waals surface area contributed by atoms with Crippen LogP contribution in [0.2, 0.25) is 0 Å². The Kier molecular flexibility index (Phi) is 2.23. The first-order chi connectivity index (χ1) is 5.65. The number of aryl methyl sites for hydroxylation is 1. The summed E-state index contributed by atoms with van der Waals surface area (Å²) in [5.74, 6) is -0.378. The molecule has 12 heavy (non-hydrogen) atoms. The molecule has 64 valence electrons. The van der Waals surface area contributed by atoms with E-state index in [0.29, 0.717) is 11.5 Å². The highest BCUT2D eigenvalue weighted by atomic mass is 16.4. The Hall–Kier alpha value is -1.65. The number of nitrogens with one attached hydrogen (secondary N) is 1. The van der Waals surface area contributed by atoms with E-state index in [-0.39, 0.29) is 0 Å². The molecule has 5 nitrogen and oxygen atoms in total. The van der Waals surface area contributed by atoms with Crippen molar-refractivity contribution in [3.05, 3.63) is 17.7 Å². The minimum Gasteiger partial charge on any atom is -0.479 e. The van der Waals surface area contributed by atoms with Gasteiger partial charge in [-0.05, 0) is 13.6 Å². The molecule has 1 unspecified atom stereocenters. The number of rotatable bonds is 3. The molecule has 0 saturated heterocycles. The summed E-state index contributed by atoms with van der Waals surface area (Å²) in [4.78, 5) is 20.7. The quantitative estimate of drug-likeness (QED) is 0.645. The fraction of sp³-hybridized carbons (Fsp3) is 0.286. The molecule has 1 heterocycles. The number of aromatic amines is 1. The zero-order valence-corrected chi connectivity index (χ0v) is 6.61. The summed E-state index contributed by atoms with van der Waals surface area (Å²) >= 11 is 0. The molecule has 0 aromatic carbocycles. The summed E-state index contributed by atoms with van der Waals surface area (Å²) < 4.78 is 0. The van der Waals surface area contributed by atoms with Gasteiger partial charge in [-0.2, -0.15) is 0 Å². The summed E-state index contributed by atoms with van der Waals surface area (Å²) in [6.45, 7) is 4.92. The van der Waals surface area contributed by atoms with Crippen LogP contribution in [-0.2, 0) is 4.79 Å². The van der Waals surface area contributed by atoms with Gasteiger partial charge in [-0.1, -0.05) is 0 Å². The van der Waals surface area contributed by atoms with Gasteiger partial charge in [0.05, 0.1) is 5.69 Å². The third-order valence-electron chi connectivity index (χ3n) is 1.42. The number of aliphatic imine (C=N–C) groups is 1. The molecule has 5 heteroatoms. The van der Waals surface area contributed by atoms with Crippen molar-refractivity contribution < 1.29 is 9.90 Å². The monoisotopic (exact) mass is 167 g/mol. The number of aromatic nitrogens is 2. The summed E-state index contributed by atoms with van der Waals surface area (Å²) in [5, 5.41) is 8.65. The molecule has 0 saturated carbocycles. The van der Waals surface area contributed by atoms with E-state index in [1.165, 1.54) is 6.20 Å². The van der Waals surface area contributed by atoms with E-state index < -0.39 is 12.0 Å². The first kappa shape index (κ1) is 8.45. The molecular weight excluding hydrogens is 158 g/mol. The number of hydrogen-bond acceptors (Lipinski definition) is 3. The third kappa shape index (κ3) is 1.50. The van der Waals surface area contributed by atoms with E-state index in [1.807, 2.05) is 0 Å². The van der Waals surface area contributed by atoms with E-state index in [4.69, 9.17) is 5.11 Å². The molecular formula is C7H9N3O2. The number of nitrogens with zero attached hydrogens (tertiary/aromatic N) is 2. The van der Waals surface area contributed by atoms with Crippen LogP contribution in [0.1, 0.15) is 17.6 Å². The lowest BCUT2D eigenvalue weighted by Gasteiger charge is -2.00. The Morgan fingerprint density at radius 3 is 2.92 bits per heavy atom. The first-order valence-corrected chi connectivity index (χ1v) is 3.35. The van der Waals surface area contributed by atoms with E-state index in [0.717, 1.165) is 0 Å². The average Bonchev–Trinajstić information content (AvgIpc) is 2.37. The number of carboxylic acids is 1. The zero-order valence-electron chi connectivity index (χ0n) is 6.61. The van der Waals surface area contributed by atoms with Crippen LogP contribution in [0.4, 0.5) is 0 Å². The van der Waals surface area contributed by atoms with Gasteiger partial charge in [0.2, 0.25) is 0 Å². The number of hydrogen-bond donors (Lipinski definition) is 2.